The van der Waals surface area contributed by atoms with E-state index in [1.807, 2.05) is 0 Å². The lowest BCUT2D eigenvalue weighted by Crippen LogP contribution is -2.38. The van der Waals surface area contributed by atoms with E-state index in [1.165, 1.54) is 11.1 Å². The van der Waals surface area contributed by atoms with E-state index >= 15 is 0 Å². The lowest BCUT2D eigenvalue weighted by Gasteiger charge is -1.98. The molecule has 2 nitrogen and oxygen atoms in total. The fourth-order valence-corrected chi connectivity index (χ4v) is 2.02. The predicted molar refractivity (Wildman–Crippen MR) is 67.4 cm³/mol. The molecular weight excluding hydrogens is 208 g/mol. The average molecular weight is 228 g/mol. The Bertz CT molecular complexity index is 446. The monoisotopic (exact) mass is 228 g/mol. The van der Waals surface area contributed by atoms with Crippen molar-refractivity contribution in [1.29, 1.82) is 0 Å². The Balaban J connectivity index is 1.87. The molecule has 0 fully saturated rings. The van der Waals surface area contributed by atoms with Gasteiger partial charge in [-0.2, -0.15) is 0 Å². The second-order valence-corrected chi connectivity index (χ2v) is 4.59. The van der Waals surface area contributed by atoms with Gasteiger partial charge in [-0.25, -0.2) is 9.13 Å². The summed E-state index contributed by atoms with van der Waals surface area (Å²) in [6.07, 6.45) is 9.81. The van der Waals surface area contributed by atoms with Crippen LogP contribution in [0.5, 0.6) is 0 Å². The number of pyridine rings is 2. The summed E-state index contributed by atoms with van der Waals surface area (Å²) in [6.45, 7) is 6.41. The van der Waals surface area contributed by atoms with Crippen molar-refractivity contribution in [3.05, 3.63) is 60.2 Å². The summed E-state index contributed by atoms with van der Waals surface area (Å²) < 4.78 is 4.51. The molecule has 0 amide bonds. The van der Waals surface area contributed by atoms with Gasteiger partial charge in [0.1, 0.15) is 0 Å². The first-order chi connectivity index (χ1) is 8.24. The first-order valence-corrected chi connectivity index (χ1v) is 6.15. The van der Waals surface area contributed by atoms with Gasteiger partial charge in [0.25, 0.3) is 0 Å². The minimum absolute atomic E-state index is 1.07. The fourth-order valence-electron chi connectivity index (χ4n) is 2.02. The quantitative estimate of drug-likeness (QED) is 0.707. The summed E-state index contributed by atoms with van der Waals surface area (Å²) in [5.41, 5.74) is 2.63. The van der Waals surface area contributed by atoms with E-state index in [2.05, 4.69) is 72.0 Å². The van der Waals surface area contributed by atoms with Crippen molar-refractivity contribution in [2.24, 2.45) is 0 Å². The molecule has 0 bridgehead atoms. The van der Waals surface area contributed by atoms with Crippen molar-refractivity contribution in [3.8, 4) is 0 Å². The van der Waals surface area contributed by atoms with Crippen LogP contribution >= 0.6 is 0 Å². The van der Waals surface area contributed by atoms with Crippen molar-refractivity contribution < 1.29 is 9.13 Å². The van der Waals surface area contributed by atoms with Crippen LogP contribution in [0.2, 0.25) is 0 Å². The molecule has 0 aromatic carbocycles. The van der Waals surface area contributed by atoms with E-state index in [-0.39, 0.29) is 0 Å². The van der Waals surface area contributed by atoms with Crippen LogP contribution in [0.3, 0.4) is 0 Å². The van der Waals surface area contributed by atoms with Gasteiger partial charge in [-0.1, -0.05) is 0 Å². The van der Waals surface area contributed by atoms with E-state index in [4.69, 9.17) is 0 Å². The zero-order valence-corrected chi connectivity index (χ0v) is 10.6. The lowest BCUT2D eigenvalue weighted by molar-refractivity contribution is -0.727. The highest BCUT2D eigenvalue weighted by molar-refractivity contribution is 5.01. The zero-order valence-electron chi connectivity index (χ0n) is 10.6. The molecule has 0 saturated carbocycles. The Labute approximate surface area is 103 Å². The molecule has 0 unspecified atom stereocenters. The molecule has 2 heteroatoms. The number of rotatable bonds is 4. The first-order valence-electron chi connectivity index (χ1n) is 6.15. The summed E-state index contributed by atoms with van der Waals surface area (Å²) in [5, 5.41) is 0. The number of nitrogens with zero attached hydrogens (tertiary/aromatic N) is 2. The molecule has 17 heavy (non-hydrogen) atoms. The third-order valence-electron chi connectivity index (χ3n) is 2.84. The normalized spacial score (nSPS) is 10.5. The number of hydrogen-bond acceptors (Lipinski definition) is 0. The highest BCUT2D eigenvalue weighted by atomic mass is 15.0. The van der Waals surface area contributed by atoms with Gasteiger partial charge < -0.3 is 0 Å². The molecular formula is C15H20N2+2. The molecule has 0 aliphatic heterocycles. The minimum Gasteiger partial charge on any atom is -0.205 e. The van der Waals surface area contributed by atoms with Crippen LogP contribution in [0, 0.1) is 13.8 Å². The Morgan fingerprint density at radius 2 is 1.29 bits per heavy atom. The second-order valence-electron chi connectivity index (χ2n) is 4.59. The molecule has 2 rings (SSSR count). The van der Waals surface area contributed by atoms with Gasteiger partial charge in [-0.3, -0.25) is 0 Å². The highest BCUT2D eigenvalue weighted by Gasteiger charge is 2.04. The van der Waals surface area contributed by atoms with Gasteiger partial charge in [-0.15, -0.1) is 0 Å². The number of aromatic nitrogens is 2. The third kappa shape index (κ3) is 3.66. The van der Waals surface area contributed by atoms with Crippen LogP contribution in [-0.4, -0.2) is 0 Å². The van der Waals surface area contributed by atoms with E-state index in [1.54, 1.807) is 0 Å². The Morgan fingerprint density at radius 3 is 1.71 bits per heavy atom. The molecule has 2 heterocycles. The van der Waals surface area contributed by atoms with Crippen molar-refractivity contribution >= 4 is 0 Å². The molecule has 88 valence electrons. The summed E-state index contributed by atoms with van der Waals surface area (Å²) in [6, 6.07) is 8.47. The van der Waals surface area contributed by atoms with Gasteiger partial charge in [0, 0.05) is 23.3 Å². The van der Waals surface area contributed by atoms with Crippen molar-refractivity contribution in [2.45, 2.75) is 33.4 Å². The zero-order chi connectivity index (χ0) is 12.1. The van der Waals surface area contributed by atoms with Crippen LogP contribution in [0.1, 0.15) is 17.5 Å². The molecule has 0 radical (unpaired) electrons. The maximum Gasteiger partial charge on any atom is 0.171 e. The summed E-state index contributed by atoms with van der Waals surface area (Å²) >= 11 is 0. The summed E-state index contributed by atoms with van der Waals surface area (Å²) in [4.78, 5) is 0. The van der Waals surface area contributed by atoms with E-state index in [0.29, 0.717) is 0 Å². The van der Waals surface area contributed by atoms with Gasteiger partial charge in [0.05, 0.1) is 6.42 Å². The van der Waals surface area contributed by atoms with Crippen LogP contribution in [0.25, 0.3) is 0 Å². The molecule has 0 atom stereocenters. The van der Waals surface area contributed by atoms with Crippen LogP contribution in [0.4, 0.5) is 0 Å². The molecule has 0 aliphatic carbocycles. The second kappa shape index (κ2) is 5.58. The van der Waals surface area contributed by atoms with Crippen LogP contribution in [-0.2, 0) is 13.1 Å². The van der Waals surface area contributed by atoms with Crippen LogP contribution in [0.15, 0.2) is 49.1 Å². The average Bonchev–Trinajstić information content (AvgIpc) is 2.29. The van der Waals surface area contributed by atoms with Gasteiger partial charge in [-0.05, 0) is 26.0 Å². The molecule has 2 aromatic heterocycles. The van der Waals surface area contributed by atoms with E-state index in [0.717, 1.165) is 19.5 Å². The Kier molecular flexibility index (Phi) is 3.86. The summed E-state index contributed by atoms with van der Waals surface area (Å²) in [5.74, 6) is 0. The first kappa shape index (κ1) is 11.8. The molecule has 2 aromatic rings. The SMILES string of the molecule is Cc1ccc[n+](CCC[n+]2cccc(C)c2)c1. The predicted octanol–water partition coefficient (Wildman–Crippen LogP) is 1.97. The van der Waals surface area contributed by atoms with Crippen LogP contribution < -0.4 is 9.13 Å². The molecule has 0 saturated heterocycles. The van der Waals surface area contributed by atoms with Crippen molar-refractivity contribution in [1.82, 2.24) is 0 Å². The lowest BCUT2D eigenvalue weighted by atomic mass is 10.3. The minimum atomic E-state index is 1.07. The van der Waals surface area contributed by atoms with E-state index in [9.17, 15) is 0 Å². The topological polar surface area (TPSA) is 7.76 Å². The molecule has 0 spiro atoms. The maximum atomic E-state index is 2.26. The fraction of sp³-hybridized carbons (Fsp3) is 0.333. The highest BCUT2D eigenvalue weighted by Crippen LogP contribution is 1.92. The van der Waals surface area contributed by atoms with Crippen molar-refractivity contribution in [3.63, 3.8) is 0 Å². The van der Waals surface area contributed by atoms with E-state index < -0.39 is 0 Å². The smallest absolute Gasteiger partial charge is 0.171 e. The molecule has 0 aliphatic rings. The summed E-state index contributed by atoms with van der Waals surface area (Å²) in [7, 11) is 0. The largest absolute Gasteiger partial charge is 0.205 e. The van der Waals surface area contributed by atoms with Gasteiger partial charge >= 0.3 is 0 Å². The number of hydrogen-bond donors (Lipinski definition) is 0. The Hall–Kier alpha value is -1.70. The third-order valence-corrected chi connectivity index (χ3v) is 2.84. The van der Waals surface area contributed by atoms with Gasteiger partial charge in [0.2, 0.25) is 0 Å². The standard InChI is InChI=1S/C15H20N2/c1-14-6-3-8-16(12-14)10-5-11-17-9-4-7-15(2)13-17/h3-4,6-9,12-13H,5,10-11H2,1-2H3/q+2. The molecule has 0 N–H and O–H groups in total. The number of aryl methyl sites for hydroxylation is 4. The van der Waals surface area contributed by atoms with Gasteiger partial charge in [0.15, 0.2) is 37.9 Å². The Morgan fingerprint density at radius 1 is 0.824 bits per heavy atom. The maximum absolute atomic E-state index is 2.26. The van der Waals surface area contributed by atoms with Crippen molar-refractivity contribution in [2.75, 3.05) is 0 Å².